The van der Waals surface area contributed by atoms with Gasteiger partial charge < -0.3 is 15.4 Å². The zero-order valence-corrected chi connectivity index (χ0v) is 19.4. The van der Waals surface area contributed by atoms with E-state index in [9.17, 15) is 18.0 Å². The van der Waals surface area contributed by atoms with E-state index in [1.807, 2.05) is 24.3 Å². The highest BCUT2D eigenvalue weighted by molar-refractivity contribution is 8.05. The molecule has 0 unspecified atom stereocenters. The average molecular weight is 479 g/mol. The minimum absolute atomic E-state index is 0.270. The fourth-order valence-electron chi connectivity index (χ4n) is 3.39. The summed E-state index contributed by atoms with van der Waals surface area (Å²) < 4.78 is 44.5. The van der Waals surface area contributed by atoms with E-state index in [0.717, 1.165) is 29.9 Å². The molecule has 0 aliphatic carbocycles. The van der Waals surface area contributed by atoms with Crippen LogP contribution in [0.4, 0.5) is 18.9 Å². The van der Waals surface area contributed by atoms with E-state index < -0.39 is 17.2 Å². The van der Waals surface area contributed by atoms with E-state index in [0.29, 0.717) is 11.5 Å². The van der Waals surface area contributed by atoms with Crippen LogP contribution in [-0.4, -0.2) is 18.0 Å². The van der Waals surface area contributed by atoms with Crippen LogP contribution in [0.5, 0.6) is 5.75 Å². The van der Waals surface area contributed by atoms with Crippen molar-refractivity contribution in [1.29, 1.82) is 0 Å². The summed E-state index contributed by atoms with van der Waals surface area (Å²) >= 11 is 1.23. The van der Waals surface area contributed by atoms with E-state index in [4.69, 9.17) is 4.74 Å². The molecule has 0 spiro atoms. The minimum Gasteiger partial charge on any atom is -0.494 e. The number of hydrogen-bond acceptors (Lipinski definition) is 4. The minimum atomic E-state index is -4.42. The molecular weight excluding hydrogens is 449 g/mol. The van der Waals surface area contributed by atoms with Gasteiger partial charge in [0.1, 0.15) is 5.75 Å². The summed E-state index contributed by atoms with van der Waals surface area (Å²) in [6, 6.07) is 12.4. The molecule has 0 saturated carbocycles. The number of alkyl halides is 3. The maximum absolute atomic E-state index is 12.9. The predicted octanol–water partition coefficient (Wildman–Crippen LogP) is 7.04. The van der Waals surface area contributed by atoms with Crippen molar-refractivity contribution in [3.05, 3.63) is 64.6 Å². The summed E-state index contributed by atoms with van der Waals surface area (Å²) in [5, 5.41) is 5.66. The van der Waals surface area contributed by atoms with Crippen molar-refractivity contribution in [3.63, 3.8) is 0 Å². The van der Waals surface area contributed by atoms with Crippen LogP contribution >= 0.6 is 11.8 Å². The molecule has 0 radical (unpaired) electrons. The van der Waals surface area contributed by atoms with Gasteiger partial charge >= 0.3 is 6.18 Å². The number of anilines is 1. The molecule has 1 saturated heterocycles. The van der Waals surface area contributed by atoms with Gasteiger partial charge in [-0.2, -0.15) is 13.2 Å². The number of hydrogen-bond donors (Lipinski definition) is 2. The van der Waals surface area contributed by atoms with Gasteiger partial charge in [0, 0.05) is 5.69 Å². The molecule has 0 aromatic heterocycles. The first-order valence-electron chi connectivity index (χ1n) is 11.2. The molecule has 2 aromatic carbocycles. The Hall–Kier alpha value is -2.61. The second-order valence-electron chi connectivity index (χ2n) is 7.89. The van der Waals surface area contributed by atoms with Crippen LogP contribution in [0.1, 0.15) is 56.6 Å². The molecule has 2 aromatic rings. The number of ether oxygens (including phenoxy) is 1. The van der Waals surface area contributed by atoms with Gasteiger partial charge in [-0.1, -0.05) is 69.0 Å². The highest BCUT2D eigenvalue weighted by Crippen LogP contribution is 2.33. The van der Waals surface area contributed by atoms with Gasteiger partial charge in [-0.15, -0.1) is 0 Å². The Labute approximate surface area is 197 Å². The smallest absolute Gasteiger partial charge is 0.416 e. The molecule has 0 bridgehead atoms. The maximum atomic E-state index is 12.9. The Morgan fingerprint density at radius 2 is 1.79 bits per heavy atom. The molecule has 8 heteroatoms. The number of thioether (sulfide) groups is 1. The van der Waals surface area contributed by atoms with Gasteiger partial charge in [0.15, 0.2) is 5.50 Å². The van der Waals surface area contributed by atoms with Crippen molar-refractivity contribution in [1.82, 2.24) is 5.32 Å². The van der Waals surface area contributed by atoms with Crippen molar-refractivity contribution in [2.45, 2.75) is 57.1 Å². The van der Waals surface area contributed by atoms with E-state index in [1.54, 1.807) is 6.08 Å². The van der Waals surface area contributed by atoms with E-state index in [2.05, 4.69) is 17.6 Å². The van der Waals surface area contributed by atoms with Crippen molar-refractivity contribution >= 4 is 29.4 Å². The monoisotopic (exact) mass is 478 g/mol. The molecule has 2 N–H and O–H groups in total. The first-order valence-corrected chi connectivity index (χ1v) is 12.1. The lowest BCUT2D eigenvalue weighted by Crippen LogP contribution is -2.31. The SMILES string of the molecule is CCCCCCCCOc1ccc(/C=C2\S[C@H](Nc3cccc(C(F)(F)F)c3)NC2=O)cc1. The lowest BCUT2D eigenvalue weighted by atomic mass is 10.1. The molecule has 1 heterocycles. The van der Waals surface area contributed by atoms with Crippen LogP contribution in [0.2, 0.25) is 0 Å². The number of carbonyl (C=O) groups excluding carboxylic acids is 1. The molecule has 33 heavy (non-hydrogen) atoms. The molecule has 1 fully saturated rings. The van der Waals surface area contributed by atoms with Gasteiger partial charge in [-0.3, -0.25) is 4.79 Å². The summed E-state index contributed by atoms with van der Waals surface area (Å²) in [5.74, 6) is 0.520. The average Bonchev–Trinajstić information content (AvgIpc) is 3.12. The number of unbranched alkanes of at least 4 members (excludes halogenated alkanes) is 5. The largest absolute Gasteiger partial charge is 0.494 e. The van der Waals surface area contributed by atoms with Crippen LogP contribution in [0.15, 0.2) is 53.4 Å². The quantitative estimate of drug-likeness (QED) is 0.269. The van der Waals surface area contributed by atoms with E-state index >= 15 is 0 Å². The van der Waals surface area contributed by atoms with Gasteiger partial charge in [0.05, 0.1) is 17.1 Å². The Kier molecular flexibility index (Phi) is 9.11. The first kappa shape index (κ1) is 25.0. The number of carbonyl (C=O) groups is 1. The summed E-state index contributed by atoms with van der Waals surface area (Å²) in [6.07, 6.45) is 4.60. The topological polar surface area (TPSA) is 50.4 Å². The standard InChI is InChI=1S/C25H29F3N2O2S/c1-2-3-4-5-6-7-15-32-21-13-11-18(12-14-21)16-22-23(31)30-24(33-22)29-20-10-8-9-19(17-20)25(26,27)28/h8-14,16-17,24,29H,2-7,15H2,1H3,(H,30,31)/b22-16-/t24-/m1/s1. The number of amides is 1. The zero-order valence-electron chi connectivity index (χ0n) is 18.6. The fourth-order valence-corrected chi connectivity index (χ4v) is 4.37. The lowest BCUT2D eigenvalue weighted by molar-refractivity contribution is -0.137. The van der Waals surface area contributed by atoms with E-state index in [1.165, 1.54) is 56.0 Å². The number of benzene rings is 2. The van der Waals surface area contributed by atoms with Gasteiger partial charge in [0.2, 0.25) is 0 Å². The molecule has 1 atom stereocenters. The molecule has 4 nitrogen and oxygen atoms in total. The second-order valence-corrected chi connectivity index (χ2v) is 9.04. The zero-order chi connectivity index (χ0) is 23.7. The third-order valence-corrected chi connectivity index (χ3v) is 6.19. The van der Waals surface area contributed by atoms with Gasteiger partial charge in [-0.05, 0) is 48.4 Å². The van der Waals surface area contributed by atoms with Crippen LogP contribution in [-0.2, 0) is 11.0 Å². The first-order chi connectivity index (χ1) is 15.8. The van der Waals surface area contributed by atoms with Crippen LogP contribution in [0, 0.1) is 0 Å². The molecular formula is C25H29F3N2O2S. The molecule has 1 aliphatic heterocycles. The van der Waals surface area contributed by atoms with E-state index in [-0.39, 0.29) is 11.6 Å². The maximum Gasteiger partial charge on any atom is 0.416 e. The van der Waals surface area contributed by atoms with Crippen molar-refractivity contribution < 1.29 is 22.7 Å². The highest BCUT2D eigenvalue weighted by Gasteiger charge is 2.31. The number of halogens is 3. The summed E-state index contributed by atoms with van der Waals surface area (Å²) in [6.45, 7) is 2.89. The van der Waals surface area contributed by atoms with Crippen LogP contribution < -0.4 is 15.4 Å². The third-order valence-electron chi connectivity index (χ3n) is 5.16. The normalized spacial score (nSPS) is 17.3. The van der Waals surface area contributed by atoms with Crippen molar-refractivity contribution in [3.8, 4) is 5.75 Å². The Morgan fingerprint density at radius 3 is 2.52 bits per heavy atom. The molecule has 178 valence electrons. The number of nitrogens with one attached hydrogen (secondary N) is 2. The summed E-state index contributed by atoms with van der Waals surface area (Å²) in [5.41, 5.74) is -0.154. The third kappa shape index (κ3) is 8.03. The second kappa shape index (κ2) is 12.0. The van der Waals surface area contributed by atoms with Crippen LogP contribution in [0.3, 0.4) is 0 Å². The summed E-state index contributed by atoms with van der Waals surface area (Å²) in [4.78, 5) is 12.8. The molecule has 1 amide bonds. The van der Waals surface area contributed by atoms with Gasteiger partial charge in [0.25, 0.3) is 5.91 Å². The Balaban J connectivity index is 1.49. The van der Waals surface area contributed by atoms with Gasteiger partial charge in [-0.25, -0.2) is 0 Å². The number of rotatable bonds is 11. The van der Waals surface area contributed by atoms with Crippen LogP contribution in [0.25, 0.3) is 6.08 Å². The highest BCUT2D eigenvalue weighted by atomic mass is 32.2. The lowest BCUT2D eigenvalue weighted by Gasteiger charge is -2.14. The molecule has 3 rings (SSSR count). The molecule has 1 aliphatic rings. The predicted molar refractivity (Wildman–Crippen MR) is 128 cm³/mol. The Bertz CT molecular complexity index is 945. The van der Waals surface area contributed by atoms with Crippen molar-refractivity contribution in [2.75, 3.05) is 11.9 Å². The Morgan fingerprint density at radius 1 is 1.06 bits per heavy atom. The summed E-state index contributed by atoms with van der Waals surface area (Å²) in [7, 11) is 0. The fraction of sp³-hybridized carbons (Fsp3) is 0.400. The van der Waals surface area contributed by atoms with Crippen molar-refractivity contribution in [2.24, 2.45) is 0 Å².